The van der Waals surface area contributed by atoms with Crippen LogP contribution in [0.3, 0.4) is 0 Å². The molecule has 3 nitrogen and oxygen atoms in total. The van der Waals surface area contributed by atoms with Crippen LogP contribution < -0.4 is 5.32 Å². The van der Waals surface area contributed by atoms with Crippen molar-refractivity contribution in [2.45, 2.75) is 59.5 Å². The Hall–Kier alpha value is -0.450. The van der Waals surface area contributed by atoms with Crippen molar-refractivity contribution in [1.29, 1.82) is 0 Å². The molecule has 1 atom stereocenters. The Labute approximate surface area is 127 Å². The highest BCUT2D eigenvalue weighted by Gasteiger charge is 2.26. The molecule has 4 heteroatoms. The van der Waals surface area contributed by atoms with Gasteiger partial charge in [0.1, 0.15) is 0 Å². The molecule has 1 unspecified atom stereocenters. The highest BCUT2D eigenvalue weighted by Crippen LogP contribution is 2.29. The highest BCUT2D eigenvalue weighted by atomic mass is 32.1. The minimum Gasteiger partial charge on any atom is -0.317 e. The molecule has 1 aliphatic rings. The van der Waals surface area contributed by atoms with Crippen molar-refractivity contribution < 1.29 is 0 Å². The zero-order valence-electron chi connectivity index (χ0n) is 13.6. The van der Waals surface area contributed by atoms with Gasteiger partial charge in [0.2, 0.25) is 0 Å². The summed E-state index contributed by atoms with van der Waals surface area (Å²) < 4.78 is 0. The molecule has 2 rings (SSSR count). The number of nitrogens with one attached hydrogen (secondary N) is 1. The monoisotopic (exact) mass is 295 g/mol. The van der Waals surface area contributed by atoms with Crippen molar-refractivity contribution in [3.63, 3.8) is 0 Å². The predicted molar refractivity (Wildman–Crippen MR) is 87.4 cm³/mol. The second kappa shape index (κ2) is 7.01. The van der Waals surface area contributed by atoms with Crippen LogP contribution in [0.1, 0.15) is 55.2 Å². The van der Waals surface area contributed by atoms with Gasteiger partial charge in [-0.1, -0.05) is 0 Å². The maximum Gasteiger partial charge on any atom is 0.0900 e. The second-order valence-electron chi connectivity index (χ2n) is 6.33. The van der Waals surface area contributed by atoms with Crippen molar-refractivity contribution in [2.75, 3.05) is 19.6 Å². The Morgan fingerprint density at radius 2 is 1.90 bits per heavy atom. The molecule has 1 fully saturated rings. The summed E-state index contributed by atoms with van der Waals surface area (Å²) in [5, 5.41) is 4.65. The van der Waals surface area contributed by atoms with E-state index in [9.17, 15) is 0 Å². The lowest BCUT2D eigenvalue weighted by Crippen LogP contribution is -2.41. The maximum atomic E-state index is 4.77. The molecule has 0 bridgehead atoms. The molecule has 1 aliphatic heterocycles. The SMILES string of the molecule is Cc1nc(C(C)N(CC2CCNCC2)C(C)C)c(C)s1. The Kier molecular flexibility index (Phi) is 5.58. The first-order valence-electron chi connectivity index (χ1n) is 7.89. The third kappa shape index (κ3) is 3.80. The van der Waals surface area contributed by atoms with Gasteiger partial charge in [-0.2, -0.15) is 0 Å². The Balaban J connectivity index is 2.09. The number of rotatable bonds is 5. The van der Waals surface area contributed by atoms with Crippen LogP contribution in [0.4, 0.5) is 0 Å². The summed E-state index contributed by atoms with van der Waals surface area (Å²) in [6.45, 7) is 14.8. The first kappa shape index (κ1) is 15.9. The number of thiazole rings is 1. The summed E-state index contributed by atoms with van der Waals surface area (Å²) in [5.41, 5.74) is 1.29. The molecule has 114 valence electrons. The summed E-state index contributed by atoms with van der Waals surface area (Å²) in [6.07, 6.45) is 2.62. The zero-order chi connectivity index (χ0) is 14.7. The minimum absolute atomic E-state index is 0.426. The van der Waals surface area contributed by atoms with Gasteiger partial charge in [-0.15, -0.1) is 11.3 Å². The molecule has 2 heterocycles. The summed E-state index contributed by atoms with van der Waals surface area (Å²) in [7, 11) is 0. The van der Waals surface area contributed by atoms with E-state index in [1.54, 1.807) is 0 Å². The van der Waals surface area contributed by atoms with Gasteiger partial charge in [0.25, 0.3) is 0 Å². The molecule has 0 aromatic carbocycles. The van der Waals surface area contributed by atoms with Crippen LogP contribution in [0.15, 0.2) is 0 Å². The van der Waals surface area contributed by atoms with E-state index in [-0.39, 0.29) is 0 Å². The van der Waals surface area contributed by atoms with Crippen LogP contribution in [0.25, 0.3) is 0 Å². The van der Waals surface area contributed by atoms with Gasteiger partial charge >= 0.3 is 0 Å². The normalized spacial score (nSPS) is 18.9. The van der Waals surface area contributed by atoms with Gasteiger partial charge < -0.3 is 5.32 Å². The first-order chi connectivity index (χ1) is 9.49. The standard InChI is InChI=1S/C16H29N3S/c1-11(2)19(10-15-6-8-17-9-7-15)12(3)16-13(4)20-14(5)18-16/h11-12,15,17H,6-10H2,1-5H3. The molecule has 0 amide bonds. The molecule has 20 heavy (non-hydrogen) atoms. The van der Waals surface area contributed by atoms with E-state index < -0.39 is 0 Å². The minimum atomic E-state index is 0.426. The van der Waals surface area contributed by atoms with Crippen molar-refractivity contribution in [1.82, 2.24) is 15.2 Å². The fourth-order valence-corrected chi connectivity index (χ4v) is 4.18. The Morgan fingerprint density at radius 1 is 1.25 bits per heavy atom. The average Bonchev–Trinajstić information content (AvgIpc) is 2.75. The molecule has 0 aliphatic carbocycles. The molecule has 1 aromatic rings. The predicted octanol–water partition coefficient (Wildman–Crippen LogP) is 3.53. The van der Waals surface area contributed by atoms with Crippen LogP contribution >= 0.6 is 11.3 Å². The first-order valence-corrected chi connectivity index (χ1v) is 8.71. The summed E-state index contributed by atoms with van der Waals surface area (Å²) in [5.74, 6) is 0.834. The van der Waals surface area contributed by atoms with Gasteiger partial charge in [-0.3, -0.25) is 4.90 Å². The number of hydrogen-bond acceptors (Lipinski definition) is 4. The van der Waals surface area contributed by atoms with Gasteiger partial charge in [0.15, 0.2) is 0 Å². The zero-order valence-corrected chi connectivity index (χ0v) is 14.4. The van der Waals surface area contributed by atoms with Crippen molar-refractivity contribution in [2.24, 2.45) is 5.92 Å². The smallest absolute Gasteiger partial charge is 0.0900 e. The summed E-state index contributed by atoms with van der Waals surface area (Å²) >= 11 is 1.82. The van der Waals surface area contributed by atoms with E-state index in [0.29, 0.717) is 12.1 Å². The van der Waals surface area contributed by atoms with E-state index in [4.69, 9.17) is 4.98 Å². The quantitative estimate of drug-likeness (QED) is 0.900. The van der Waals surface area contributed by atoms with E-state index in [1.807, 2.05) is 11.3 Å². The van der Waals surface area contributed by atoms with Gasteiger partial charge in [0.05, 0.1) is 16.7 Å². The summed E-state index contributed by atoms with van der Waals surface area (Å²) in [4.78, 5) is 8.79. The molecular weight excluding hydrogens is 266 g/mol. The maximum absolute atomic E-state index is 4.77. The van der Waals surface area contributed by atoms with E-state index >= 15 is 0 Å². The number of hydrogen-bond donors (Lipinski definition) is 1. The Bertz CT molecular complexity index is 421. The van der Waals surface area contributed by atoms with Crippen LogP contribution in [0.2, 0.25) is 0 Å². The van der Waals surface area contributed by atoms with Crippen molar-refractivity contribution >= 4 is 11.3 Å². The van der Waals surface area contributed by atoms with E-state index in [1.165, 1.54) is 48.1 Å². The fourth-order valence-electron chi connectivity index (χ4n) is 3.27. The van der Waals surface area contributed by atoms with Crippen LogP contribution in [0.5, 0.6) is 0 Å². The lowest BCUT2D eigenvalue weighted by Gasteiger charge is -2.36. The average molecular weight is 295 g/mol. The molecule has 1 saturated heterocycles. The third-order valence-electron chi connectivity index (χ3n) is 4.42. The number of piperidine rings is 1. The van der Waals surface area contributed by atoms with Gasteiger partial charge in [-0.05, 0) is 66.5 Å². The molecule has 1 N–H and O–H groups in total. The van der Waals surface area contributed by atoms with Gasteiger partial charge in [-0.25, -0.2) is 4.98 Å². The van der Waals surface area contributed by atoms with Crippen LogP contribution in [0, 0.1) is 19.8 Å². The molecule has 0 saturated carbocycles. The molecule has 0 spiro atoms. The highest BCUT2D eigenvalue weighted by molar-refractivity contribution is 7.11. The van der Waals surface area contributed by atoms with Gasteiger partial charge in [0, 0.05) is 17.5 Å². The van der Waals surface area contributed by atoms with E-state index in [2.05, 4.69) is 44.8 Å². The molecule has 1 aromatic heterocycles. The van der Waals surface area contributed by atoms with E-state index in [0.717, 1.165) is 5.92 Å². The van der Waals surface area contributed by atoms with Crippen molar-refractivity contribution in [3.8, 4) is 0 Å². The van der Waals surface area contributed by atoms with Crippen LogP contribution in [-0.4, -0.2) is 35.6 Å². The molecular formula is C16H29N3S. The third-order valence-corrected chi connectivity index (χ3v) is 5.33. The second-order valence-corrected chi connectivity index (χ2v) is 7.74. The molecule has 0 radical (unpaired) electrons. The topological polar surface area (TPSA) is 28.2 Å². The Morgan fingerprint density at radius 3 is 2.40 bits per heavy atom. The summed E-state index contributed by atoms with van der Waals surface area (Å²) in [6, 6.07) is 0.996. The van der Waals surface area contributed by atoms with Crippen molar-refractivity contribution in [3.05, 3.63) is 15.6 Å². The number of nitrogens with zero attached hydrogens (tertiary/aromatic N) is 2. The van der Waals surface area contributed by atoms with Crippen LogP contribution in [-0.2, 0) is 0 Å². The number of aryl methyl sites for hydroxylation is 2. The fraction of sp³-hybridized carbons (Fsp3) is 0.812. The number of aromatic nitrogens is 1. The lowest BCUT2D eigenvalue weighted by atomic mass is 9.96. The largest absolute Gasteiger partial charge is 0.317 e. The lowest BCUT2D eigenvalue weighted by molar-refractivity contribution is 0.122.